The van der Waals surface area contributed by atoms with Crippen molar-refractivity contribution in [1.29, 1.82) is 0 Å². The molecule has 192 valence electrons. The summed E-state index contributed by atoms with van der Waals surface area (Å²) in [5.74, 6) is -2.83. The lowest BCUT2D eigenvalue weighted by Crippen LogP contribution is -2.52. The van der Waals surface area contributed by atoms with Crippen molar-refractivity contribution in [1.82, 2.24) is 4.90 Å². The largest absolute Gasteiger partial charge is 0.497 e. The zero-order valence-corrected chi connectivity index (χ0v) is 20.8. The molecule has 0 aromatic heterocycles. The van der Waals surface area contributed by atoms with Crippen LogP contribution in [0.3, 0.4) is 0 Å². The molecule has 3 aromatic carbocycles. The maximum Gasteiger partial charge on any atom is 0.407 e. The summed E-state index contributed by atoms with van der Waals surface area (Å²) >= 11 is 0. The van der Waals surface area contributed by atoms with Crippen LogP contribution in [0.1, 0.15) is 37.8 Å². The number of methoxy groups -OCH3 is 2. The maximum absolute atomic E-state index is 14.7. The molecule has 1 amide bonds. The summed E-state index contributed by atoms with van der Waals surface area (Å²) in [5.41, 5.74) is 1.47. The fourth-order valence-electron chi connectivity index (χ4n) is 5.10. The molecule has 3 atom stereocenters. The van der Waals surface area contributed by atoms with Crippen LogP contribution in [0, 0.1) is 24.6 Å². The summed E-state index contributed by atoms with van der Waals surface area (Å²) < 4.78 is 25.3. The Labute approximate surface area is 214 Å². The molecule has 7 nitrogen and oxygen atoms in total. The van der Waals surface area contributed by atoms with Gasteiger partial charge in [0.2, 0.25) is 0 Å². The zero-order chi connectivity index (χ0) is 26.7. The van der Waals surface area contributed by atoms with Gasteiger partial charge in [-0.15, -0.1) is 0 Å². The van der Waals surface area contributed by atoms with Crippen molar-refractivity contribution in [3.63, 3.8) is 0 Å². The molecule has 1 aliphatic heterocycles. The van der Waals surface area contributed by atoms with E-state index in [1.54, 1.807) is 67.6 Å². The molecule has 1 N–H and O–H groups in total. The monoisotopic (exact) mass is 505 g/mol. The highest BCUT2D eigenvalue weighted by Gasteiger charge is 2.46. The number of piperidine rings is 1. The van der Waals surface area contributed by atoms with Crippen molar-refractivity contribution >= 4 is 17.7 Å². The molecular weight excluding hydrogens is 477 g/mol. The van der Waals surface area contributed by atoms with E-state index < -0.39 is 29.7 Å². The third-order valence-electron chi connectivity index (χ3n) is 7.02. The number of benzene rings is 3. The highest BCUT2D eigenvalue weighted by molar-refractivity contribution is 6.03. The Balaban J connectivity index is 1.88. The first-order chi connectivity index (χ1) is 17.7. The standard InChI is InChI=1S/C29H28FNO6/c1-17-22(11-6-12-25(17)30)26-23(27(32)18-7-4-9-20(13-18)36-2)15-31(29(34)35)16-24(26)28(33)19-8-5-10-21(14-19)37-3/h4-14,23-24,26H,15-16H2,1-3H3,(H,34,35)/t23-,24+,26?. The Morgan fingerprint density at radius 1 is 0.838 bits per heavy atom. The Morgan fingerprint density at radius 3 is 1.78 bits per heavy atom. The van der Waals surface area contributed by atoms with Gasteiger partial charge < -0.3 is 19.5 Å². The minimum atomic E-state index is -1.23. The van der Waals surface area contributed by atoms with E-state index in [4.69, 9.17) is 9.47 Å². The first-order valence-electron chi connectivity index (χ1n) is 11.8. The van der Waals surface area contributed by atoms with Gasteiger partial charge in [0.05, 0.1) is 14.2 Å². The summed E-state index contributed by atoms with van der Waals surface area (Å²) in [6.45, 7) is 1.34. The topological polar surface area (TPSA) is 93.1 Å². The third kappa shape index (κ3) is 5.18. The second kappa shape index (κ2) is 10.8. The lowest BCUT2D eigenvalue weighted by atomic mass is 9.68. The predicted octanol–water partition coefficient (Wildman–Crippen LogP) is 5.23. The second-order valence-electron chi connectivity index (χ2n) is 9.07. The molecule has 1 heterocycles. The van der Waals surface area contributed by atoms with Gasteiger partial charge in [0.25, 0.3) is 0 Å². The summed E-state index contributed by atoms with van der Waals surface area (Å²) in [6, 6.07) is 17.7. The van der Waals surface area contributed by atoms with Gasteiger partial charge in [-0.05, 0) is 48.4 Å². The van der Waals surface area contributed by atoms with Crippen LogP contribution in [0.2, 0.25) is 0 Å². The number of nitrogens with zero attached hydrogens (tertiary/aromatic N) is 1. The van der Waals surface area contributed by atoms with Crippen LogP contribution in [-0.4, -0.2) is 55.0 Å². The molecule has 0 saturated carbocycles. The van der Waals surface area contributed by atoms with Crippen molar-refractivity contribution in [3.05, 3.63) is 94.8 Å². The van der Waals surface area contributed by atoms with Crippen LogP contribution in [0.5, 0.6) is 11.5 Å². The van der Waals surface area contributed by atoms with Crippen LogP contribution in [0.15, 0.2) is 66.7 Å². The number of likely N-dealkylation sites (tertiary alicyclic amines) is 1. The number of carbonyl (C=O) groups is 3. The van der Waals surface area contributed by atoms with Gasteiger partial charge in [-0.25, -0.2) is 9.18 Å². The molecule has 3 aromatic rings. The highest BCUT2D eigenvalue weighted by Crippen LogP contribution is 2.42. The van der Waals surface area contributed by atoms with Crippen molar-refractivity contribution in [2.75, 3.05) is 27.3 Å². The number of carbonyl (C=O) groups excluding carboxylic acids is 2. The lowest BCUT2D eigenvalue weighted by Gasteiger charge is -2.42. The van der Waals surface area contributed by atoms with E-state index in [2.05, 4.69) is 0 Å². The number of Topliss-reactive ketones (excluding diaryl/α,β-unsaturated/α-hetero) is 2. The number of ketones is 2. The Morgan fingerprint density at radius 2 is 1.32 bits per heavy atom. The number of rotatable bonds is 7. The van der Waals surface area contributed by atoms with E-state index >= 15 is 0 Å². The number of halogens is 1. The minimum Gasteiger partial charge on any atom is -0.497 e. The van der Waals surface area contributed by atoms with E-state index in [9.17, 15) is 23.9 Å². The fourth-order valence-corrected chi connectivity index (χ4v) is 5.10. The number of hydrogen-bond acceptors (Lipinski definition) is 5. The molecule has 1 unspecified atom stereocenters. The van der Waals surface area contributed by atoms with Gasteiger partial charge in [-0.3, -0.25) is 9.59 Å². The van der Waals surface area contributed by atoms with Gasteiger partial charge >= 0.3 is 6.09 Å². The maximum atomic E-state index is 14.7. The SMILES string of the molecule is COc1cccc(C(=O)[C@H]2CN(C(=O)O)C[C@@H](C(=O)c3cccc(OC)c3)C2c2cccc(F)c2C)c1. The lowest BCUT2D eigenvalue weighted by molar-refractivity contribution is 0.0571. The van der Waals surface area contributed by atoms with Gasteiger partial charge in [0.1, 0.15) is 17.3 Å². The number of hydrogen-bond donors (Lipinski definition) is 1. The van der Waals surface area contributed by atoms with E-state index in [-0.39, 0.29) is 24.7 Å². The number of ether oxygens (including phenoxy) is 2. The molecule has 0 bridgehead atoms. The van der Waals surface area contributed by atoms with Crippen LogP contribution < -0.4 is 9.47 Å². The highest BCUT2D eigenvalue weighted by atomic mass is 19.1. The average Bonchev–Trinajstić information content (AvgIpc) is 2.93. The third-order valence-corrected chi connectivity index (χ3v) is 7.02. The molecule has 0 radical (unpaired) electrons. The summed E-state index contributed by atoms with van der Waals surface area (Å²) in [4.78, 5) is 41.1. The van der Waals surface area contributed by atoms with Crippen molar-refractivity contribution < 1.29 is 33.4 Å². The van der Waals surface area contributed by atoms with E-state index in [1.165, 1.54) is 20.3 Å². The quantitative estimate of drug-likeness (QED) is 0.442. The molecule has 1 fully saturated rings. The molecule has 4 rings (SSSR count). The van der Waals surface area contributed by atoms with Crippen molar-refractivity contribution in [3.8, 4) is 11.5 Å². The molecule has 37 heavy (non-hydrogen) atoms. The van der Waals surface area contributed by atoms with E-state index in [0.717, 1.165) is 4.90 Å². The zero-order valence-electron chi connectivity index (χ0n) is 20.8. The molecule has 1 saturated heterocycles. The van der Waals surface area contributed by atoms with Crippen LogP contribution in [0.25, 0.3) is 0 Å². The van der Waals surface area contributed by atoms with E-state index in [1.807, 2.05) is 0 Å². The summed E-state index contributed by atoms with van der Waals surface area (Å²) in [6.07, 6.45) is -1.23. The molecule has 0 spiro atoms. The van der Waals surface area contributed by atoms with Crippen LogP contribution in [-0.2, 0) is 0 Å². The molecule has 1 aliphatic rings. The summed E-state index contributed by atoms with van der Waals surface area (Å²) in [5, 5.41) is 9.90. The smallest absolute Gasteiger partial charge is 0.407 e. The predicted molar refractivity (Wildman–Crippen MR) is 135 cm³/mol. The first-order valence-corrected chi connectivity index (χ1v) is 11.8. The minimum absolute atomic E-state index is 0.131. The van der Waals surface area contributed by atoms with Crippen molar-refractivity contribution in [2.45, 2.75) is 12.8 Å². The molecule has 0 aliphatic carbocycles. The van der Waals surface area contributed by atoms with Crippen LogP contribution >= 0.6 is 0 Å². The van der Waals surface area contributed by atoms with E-state index in [0.29, 0.717) is 33.8 Å². The molecule has 8 heteroatoms. The normalized spacial score (nSPS) is 19.2. The molecular formula is C29H28FNO6. The van der Waals surface area contributed by atoms with Crippen LogP contribution in [0.4, 0.5) is 9.18 Å². The first kappa shape index (κ1) is 25.9. The fraction of sp³-hybridized carbons (Fsp3) is 0.276. The van der Waals surface area contributed by atoms with Gasteiger partial charge in [-0.1, -0.05) is 36.4 Å². The van der Waals surface area contributed by atoms with Crippen molar-refractivity contribution in [2.24, 2.45) is 11.8 Å². The number of amides is 1. The second-order valence-corrected chi connectivity index (χ2v) is 9.07. The Hall–Kier alpha value is -4.20. The Bertz CT molecular complexity index is 1270. The van der Waals surface area contributed by atoms with Gasteiger partial charge in [0, 0.05) is 42.0 Å². The Kier molecular flexibility index (Phi) is 7.57. The summed E-state index contributed by atoms with van der Waals surface area (Å²) in [7, 11) is 2.97. The number of carboxylic acid groups (broad SMARTS) is 1. The van der Waals surface area contributed by atoms with Gasteiger partial charge in [-0.2, -0.15) is 0 Å². The average molecular weight is 506 g/mol. The van der Waals surface area contributed by atoms with Gasteiger partial charge in [0.15, 0.2) is 11.6 Å².